The number of ether oxygens (including phenoxy) is 1. The minimum Gasteiger partial charge on any atom is -0.494 e. The van der Waals surface area contributed by atoms with Gasteiger partial charge in [-0.05, 0) is 68.8 Å². The summed E-state index contributed by atoms with van der Waals surface area (Å²) >= 11 is 6.99. The lowest BCUT2D eigenvalue weighted by atomic mass is 9.77. The predicted molar refractivity (Wildman–Crippen MR) is 78.9 cm³/mol. The van der Waals surface area contributed by atoms with E-state index in [9.17, 15) is 5.11 Å². The first-order valence-electron chi connectivity index (χ1n) is 5.98. The Morgan fingerprint density at radius 3 is 2.33 bits per heavy atom. The number of hydrogen-bond donors (Lipinski definition) is 2. The standard InChI is InChI=1S/C13H17Br2NO2/c1-18-12-10(14)5-9(6-11(12)15)7-16-13(8-17)3-2-4-13/h5-6,16-17H,2-4,7-8H2,1H3. The van der Waals surface area contributed by atoms with Gasteiger partial charge in [-0.1, -0.05) is 0 Å². The topological polar surface area (TPSA) is 41.5 Å². The molecule has 0 saturated heterocycles. The second-order valence-corrected chi connectivity index (χ2v) is 6.45. The number of nitrogens with one attached hydrogen (secondary N) is 1. The Morgan fingerprint density at radius 1 is 1.33 bits per heavy atom. The fourth-order valence-corrected chi connectivity index (χ4v) is 3.80. The van der Waals surface area contributed by atoms with Crippen LogP contribution in [-0.2, 0) is 6.54 Å². The smallest absolute Gasteiger partial charge is 0.147 e. The quantitative estimate of drug-likeness (QED) is 0.826. The Morgan fingerprint density at radius 2 is 1.94 bits per heavy atom. The van der Waals surface area contributed by atoms with Crippen molar-refractivity contribution in [3.8, 4) is 5.75 Å². The second kappa shape index (κ2) is 5.90. The highest BCUT2D eigenvalue weighted by molar-refractivity contribution is 9.11. The number of methoxy groups -OCH3 is 1. The number of aliphatic hydroxyl groups excluding tert-OH is 1. The largest absolute Gasteiger partial charge is 0.494 e. The molecule has 1 fully saturated rings. The normalized spacial score (nSPS) is 17.3. The molecule has 0 aromatic heterocycles. The molecule has 5 heteroatoms. The first-order chi connectivity index (χ1) is 8.60. The van der Waals surface area contributed by atoms with Gasteiger partial charge in [0.2, 0.25) is 0 Å². The molecule has 2 N–H and O–H groups in total. The Hall–Kier alpha value is -0.100. The third-order valence-electron chi connectivity index (χ3n) is 3.54. The fraction of sp³-hybridized carbons (Fsp3) is 0.538. The maximum atomic E-state index is 9.40. The van der Waals surface area contributed by atoms with Gasteiger partial charge in [0, 0.05) is 12.1 Å². The summed E-state index contributed by atoms with van der Waals surface area (Å²) in [4.78, 5) is 0. The molecular formula is C13H17Br2NO2. The van der Waals surface area contributed by atoms with E-state index in [2.05, 4.69) is 37.2 Å². The van der Waals surface area contributed by atoms with Gasteiger partial charge in [-0.25, -0.2) is 0 Å². The maximum Gasteiger partial charge on any atom is 0.147 e. The molecule has 100 valence electrons. The zero-order valence-corrected chi connectivity index (χ0v) is 13.5. The van der Waals surface area contributed by atoms with Crippen molar-refractivity contribution in [2.24, 2.45) is 0 Å². The molecule has 0 heterocycles. The van der Waals surface area contributed by atoms with Crippen LogP contribution in [0.5, 0.6) is 5.75 Å². The van der Waals surface area contributed by atoms with Crippen LogP contribution < -0.4 is 10.1 Å². The molecule has 0 amide bonds. The second-order valence-electron chi connectivity index (χ2n) is 4.74. The van der Waals surface area contributed by atoms with E-state index in [0.29, 0.717) is 0 Å². The van der Waals surface area contributed by atoms with Gasteiger partial charge in [-0.15, -0.1) is 0 Å². The summed E-state index contributed by atoms with van der Waals surface area (Å²) in [7, 11) is 1.65. The van der Waals surface area contributed by atoms with Crippen LogP contribution in [0.25, 0.3) is 0 Å². The van der Waals surface area contributed by atoms with Crippen molar-refractivity contribution >= 4 is 31.9 Å². The molecule has 2 rings (SSSR count). The maximum absolute atomic E-state index is 9.40. The molecule has 1 aromatic carbocycles. The SMILES string of the molecule is COc1c(Br)cc(CNC2(CO)CCC2)cc1Br. The average molecular weight is 379 g/mol. The molecule has 0 spiro atoms. The summed E-state index contributed by atoms with van der Waals surface area (Å²) in [5.41, 5.74) is 1.10. The fourth-order valence-electron chi connectivity index (χ4n) is 2.19. The van der Waals surface area contributed by atoms with E-state index in [0.717, 1.165) is 39.6 Å². The van der Waals surface area contributed by atoms with Crippen molar-refractivity contribution in [3.05, 3.63) is 26.6 Å². The van der Waals surface area contributed by atoms with Gasteiger partial charge < -0.3 is 15.2 Å². The third-order valence-corrected chi connectivity index (χ3v) is 4.72. The van der Waals surface area contributed by atoms with E-state index in [-0.39, 0.29) is 12.1 Å². The van der Waals surface area contributed by atoms with Crippen molar-refractivity contribution in [1.29, 1.82) is 0 Å². The van der Waals surface area contributed by atoms with Crippen molar-refractivity contribution in [2.45, 2.75) is 31.3 Å². The summed E-state index contributed by atoms with van der Waals surface area (Å²) < 4.78 is 7.14. The number of halogens is 2. The highest BCUT2D eigenvalue weighted by atomic mass is 79.9. The van der Waals surface area contributed by atoms with Gasteiger partial charge in [0.1, 0.15) is 5.75 Å². The van der Waals surface area contributed by atoms with Crippen LogP contribution in [-0.4, -0.2) is 24.4 Å². The van der Waals surface area contributed by atoms with Crippen molar-refractivity contribution in [2.75, 3.05) is 13.7 Å². The van der Waals surface area contributed by atoms with E-state index < -0.39 is 0 Å². The van der Waals surface area contributed by atoms with Crippen molar-refractivity contribution in [1.82, 2.24) is 5.32 Å². The molecule has 1 aliphatic carbocycles. The number of aliphatic hydroxyl groups is 1. The van der Waals surface area contributed by atoms with Crippen LogP contribution in [0.3, 0.4) is 0 Å². The Labute approximate surface area is 124 Å². The molecule has 0 radical (unpaired) electrons. The molecule has 1 saturated carbocycles. The molecule has 1 aromatic rings. The van der Waals surface area contributed by atoms with Gasteiger partial charge >= 0.3 is 0 Å². The first-order valence-corrected chi connectivity index (χ1v) is 7.57. The molecule has 1 aliphatic rings. The Balaban J connectivity index is 2.06. The zero-order valence-electron chi connectivity index (χ0n) is 10.3. The highest BCUT2D eigenvalue weighted by Crippen LogP contribution is 2.35. The molecule has 3 nitrogen and oxygen atoms in total. The monoisotopic (exact) mass is 377 g/mol. The average Bonchev–Trinajstić information content (AvgIpc) is 2.28. The highest BCUT2D eigenvalue weighted by Gasteiger charge is 2.35. The minimum absolute atomic E-state index is 0.0567. The van der Waals surface area contributed by atoms with E-state index in [1.165, 1.54) is 6.42 Å². The summed E-state index contributed by atoms with van der Waals surface area (Å²) in [5, 5.41) is 12.9. The van der Waals surface area contributed by atoms with Gasteiger partial charge in [0.15, 0.2) is 0 Å². The van der Waals surface area contributed by atoms with E-state index in [1.54, 1.807) is 7.11 Å². The van der Waals surface area contributed by atoms with Crippen molar-refractivity contribution in [3.63, 3.8) is 0 Å². The molecule has 18 heavy (non-hydrogen) atoms. The van der Waals surface area contributed by atoms with Crippen LogP contribution in [0.15, 0.2) is 21.1 Å². The Bertz CT molecular complexity index is 404. The molecule has 0 aliphatic heterocycles. The third kappa shape index (κ3) is 2.90. The van der Waals surface area contributed by atoms with Crippen LogP contribution in [0, 0.1) is 0 Å². The first kappa shape index (κ1) is 14.3. The van der Waals surface area contributed by atoms with Gasteiger partial charge in [0.05, 0.1) is 22.7 Å². The lowest BCUT2D eigenvalue weighted by molar-refractivity contribution is 0.0872. The van der Waals surface area contributed by atoms with Crippen molar-refractivity contribution < 1.29 is 9.84 Å². The van der Waals surface area contributed by atoms with E-state index in [1.807, 2.05) is 12.1 Å². The summed E-state index contributed by atoms with van der Waals surface area (Å²) in [5.74, 6) is 0.805. The van der Waals surface area contributed by atoms with Gasteiger partial charge in [0.25, 0.3) is 0 Å². The van der Waals surface area contributed by atoms with Crippen LogP contribution in [0.1, 0.15) is 24.8 Å². The summed E-state index contributed by atoms with van der Waals surface area (Å²) in [6.45, 7) is 0.966. The van der Waals surface area contributed by atoms with Gasteiger partial charge in [-0.2, -0.15) is 0 Å². The molecule has 0 unspecified atom stereocenters. The molecule has 0 bridgehead atoms. The molecule has 0 atom stereocenters. The summed E-state index contributed by atoms with van der Waals surface area (Å²) in [6.07, 6.45) is 3.31. The lowest BCUT2D eigenvalue weighted by Gasteiger charge is -2.41. The van der Waals surface area contributed by atoms with Crippen LogP contribution in [0.4, 0.5) is 0 Å². The van der Waals surface area contributed by atoms with Crippen LogP contribution in [0.2, 0.25) is 0 Å². The Kier molecular flexibility index (Phi) is 4.69. The zero-order chi connectivity index (χ0) is 13.2. The predicted octanol–water partition coefficient (Wildman–Crippen LogP) is 3.22. The van der Waals surface area contributed by atoms with Crippen LogP contribution >= 0.6 is 31.9 Å². The molecular weight excluding hydrogens is 362 g/mol. The number of hydrogen-bond acceptors (Lipinski definition) is 3. The van der Waals surface area contributed by atoms with E-state index in [4.69, 9.17) is 4.74 Å². The number of benzene rings is 1. The lowest BCUT2D eigenvalue weighted by Crippen LogP contribution is -2.53. The van der Waals surface area contributed by atoms with E-state index >= 15 is 0 Å². The van der Waals surface area contributed by atoms with Gasteiger partial charge in [-0.3, -0.25) is 0 Å². The summed E-state index contributed by atoms with van der Waals surface area (Å²) in [6, 6.07) is 4.08. The number of rotatable bonds is 5. The minimum atomic E-state index is -0.0567.